The average Bonchev–Trinajstić information content (AvgIpc) is 2.84. The molecule has 102 valence electrons. The first-order valence-electron chi connectivity index (χ1n) is 6.68. The Balaban J connectivity index is 1.87. The lowest BCUT2D eigenvalue weighted by molar-refractivity contribution is 0.301. The van der Waals surface area contributed by atoms with Gasteiger partial charge in [0, 0.05) is 32.0 Å². The van der Waals surface area contributed by atoms with Crippen molar-refractivity contribution in [1.82, 2.24) is 9.78 Å². The minimum atomic E-state index is 0.182. The fourth-order valence-corrected chi connectivity index (χ4v) is 2.20. The van der Waals surface area contributed by atoms with E-state index in [1.807, 2.05) is 36.1 Å². The summed E-state index contributed by atoms with van der Waals surface area (Å²) >= 11 is 0. The van der Waals surface area contributed by atoms with E-state index in [2.05, 4.69) is 28.3 Å². The van der Waals surface area contributed by atoms with Gasteiger partial charge in [-0.05, 0) is 30.5 Å². The molecule has 1 aromatic carbocycles. The first-order chi connectivity index (χ1) is 9.29. The van der Waals surface area contributed by atoms with Crippen LogP contribution in [0.4, 0.5) is 5.69 Å². The van der Waals surface area contributed by atoms with Crippen molar-refractivity contribution in [2.75, 3.05) is 24.6 Å². The van der Waals surface area contributed by atoms with Crippen LogP contribution in [0.1, 0.15) is 12.0 Å². The van der Waals surface area contributed by atoms with Crippen molar-refractivity contribution in [3.63, 3.8) is 0 Å². The van der Waals surface area contributed by atoms with E-state index in [1.54, 1.807) is 0 Å². The fourth-order valence-electron chi connectivity index (χ4n) is 2.20. The number of aliphatic hydroxyl groups excluding tert-OH is 1. The van der Waals surface area contributed by atoms with Crippen LogP contribution in [0.15, 0.2) is 42.7 Å². The molecule has 0 unspecified atom stereocenters. The zero-order chi connectivity index (χ0) is 13.5. The number of hydrogen-bond donors (Lipinski definition) is 1. The number of aryl methyl sites for hydroxylation is 2. The molecule has 0 aliphatic rings. The van der Waals surface area contributed by atoms with Crippen LogP contribution in [0.5, 0.6) is 0 Å². The van der Waals surface area contributed by atoms with Gasteiger partial charge in [-0.25, -0.2) is 0 Å². The number of hydrogen-bond acceptors (Lipinski definition) is 3. The molecule has 0 spiro atoms. The van der Waals surface area contributed by atoms with Gasteiger partial charge in [0.05, 0.1) is 12.8 Å². The molecule has 0 aliphatic carbocycles. The summed E-state index contributed by atoms with van der Waals surface area (Å²) in [7, 11) is 1.94. The van der Waals surface area contributed by atoms with Gasteiger partial charge in [0.15, 0.2) is 0 Å². The monoisotopic (exact) mass is 259 g/mol. The molecule has 0 fully saturated rings. The minimum absolute atomic E-state index is 0.182. The summed E-state index contributed by atoms with van der Waals surface area (Å²) in [5.74, 6) is 0. The molecule has 1 aromatic heterocycles. The van der Waals surface area contributed by atoms with E-state index >= 15 is 0 Å². The number of benzene rings is 1. The van der Waals surface area contributed by atoms with E-state index in [-0.39, 0.29) is 6.61 Å². The van der Waals surface area contributed by atoms with Gasteiger partial charge in [-0.2, -0.15) is 5.10 Å². The average molecular weight is 259 g/mol. The summed E-state index contributed by atoms with van der Waals surface area (Å²) in [5.41, 5.74) is 2.43. The van der Waals surface area contributed by atoms with E-state index in [9.17, 15) is 0 Å². The number of rotatable bonds is 7. The Labute approximate surface area is 114 Å². The second-order valence-corrected chi connectivity index (χ2v) is 4.67. The third kappa shape index (κ3) is 4.10. The van der Waals surface area contributed by atoms with Crippen LogP contribution in [0.2, 0.25) is 0 Å². The summed E-state index contributed by atoms with van der Waals surface area (Å²) in [6, 6.07) is 10.2. The molecule has 0 amide bonds. The zero-order valence-electron chi connectivity index (χ0n) is 11.4. The van der Waals surface area contributed by atoms with Crippen LogP contribution in [0.25, 0.3) is 0 Å². The van der Waals surface area contributed by atoms with Gasteiger partial charge in [0.25, 0.3) is 0 Å². The normalized spacial score (nSPS) is 10.6. The van der Waals surface area contributed by atoms with Crippen molar-refractivity contribution >= 4 is 5.69 Å². The maximum atomic E-state index is 9.16. The van der Waals surface area contributed by atoms with E-state index in [0.29, 0.717) is 6.54 Å². The summed E-state index contributed by atoms with van der Waals surface area (Å²) in [5, 5.41) is 13.3. The third-order valence-corrected chi connectivity index (χ3v) is 3.14. The lowest BCUT2D eigenvalue weighted by atomic mass is 10.2. The van der Waals surface area contributed by atoms with Gasteiger partial charge in [-0.3, -0.25) is 4.68 Å². The summed E-state index contributed by atoms with van der Waals surface area (Å²) < 4.78 is 1.83. The van der Waals surface area contributed by atoms with Crippen molar-refractivity contribution in [1.29, 1.82) is 0 Å². The van der Waals surface area contributed by atoms with Gasteiger partial charge in [0.2, 0.25) is 0 Å². The molecule has 0 radical (unpaired) electrons. The predicted octanol–water partition coefficient (Wildman–Crippen LogP) is 1.85. The Morgan fingerprint density at radius 2 is 2.00 bits per heavy atom. The van der Waals surface area contributed by atoms with Crippen molar-refractivity contribution in [2.45, 2.75) is 12.8 Å². The highest BCUT2D eigenvalue weighted by molar-refractivity contribution is 5.45. The van der Waals surface area contributed by atoms with Crippen molar-refractivity contribution in [2.24, 2.45) is 7.05 Å². The molecule has 0 aliphatic heterocycles. The summed E-state index contributed by atoms with van der Waals surface area (Å²) in [6.45, 7) is 1.80. The molecule has 2 aromatic rings. The standard InChI is InChI=1S/C15H21N3O/c1-17-13-14(12-16-17)6-5-9-18(10-11-19)15-7-3-2-4-8-15/h2-4,7-8,12-13,19H,5-6,9-11H2,1H3. The van der Waals surface area contributed by atoms with Crippen molar-refractivity contribution < 1.29 is 5.11 Å². The molecule has 4 heteroatoms. The second kappa shape index (κ2) is 6.95. The molecule has 1 N–H and O–H groups in total. The molecule has 1 heterocycles. The van der Waals surface area contributed by atoms with Gasteiger partial charge in [0.1, 0.15) is 0 Å². The third-order valence-electron chi connectivity index (χ3n) is 3.14. The highest BCUT2D eigenvalue weighted by Gasteiger charge is 2.05. The molecule has 0 saturated carbocycles. The van der Waals surface area contributed by atoms with E-state index < -0.39 is 0 Å². The quantitative estimate of drug-likeness (QED) is 0.825. The lowest BCUT2D eigenvalue weighted by Gasteiger charge is -2.23. The van der Waals surface area contributed by atoms with E-state index in [4.69, 9.17) is 5.11 Å². The molecule has 0 atom stereocenters. The van der Waals surface area contributed by atoms with Gasteiger partial charge < -0.3 is 10.0 Å². The number of para-hydroxylation sites is 1. The van der Waals surface area contributed by atoms with Gasteiger partial charge >= 0.3 is 0 Å². The van der Waals surface area contributed by atoms with Gasteiger partial charge in [-0.15, -0.1) is 0 Å². The van der Waals surface area contributed by atoms with E-state index in [0.717, 1.165) is 19.4 Å². The molecule has 2 rings (SSSR count). The second-order valence-electron chi connectivity index (χ2n) is 4.67. The first-order valence-corrected chi connectivity index (χ1v) is 6.68. The number of anilines is 1. The smallest absolute Gasteiger partial charge is 0.0606 e. The topological polar surface area (TPSA) is 41.3 Å². The number of nitrogens with zero attached hydrogens (tertiary/aromatic N) is 3. The van der Waals surface area contributed by atoms with Crippen LogP contribution in [0.3, 0.4) is 0 Å². The van der Waals surface area contributed by atoms with Crippen molar-refractivity contribution in [3.05, 3.63) is 48.3 Å². The summed E-state index contributed by atoms with van der Waals surface area (Å²) in [6.07, 6.45) is 6.04. The van der Waals surface area contributed by atoms with Gasteiger partial charge in [-0.1, -0.05) is 18.2 Å². The SMILES string of the molecule is Cn1cc(CCCN(CCO)c2ccccc2)cn1. The highest BCUT2D eigenvalue weighted by atomic mass is 16.3. The lowest BCUT2D eigenvalue weighted by Crippen LogP contribution is -2.27. The molecule has 4 nitrogen and oxygen atoms in total. The largest absolute Gasteiger partial charge is 0.395 e. The molecule has 0 bridgehead atoms. The molecule has 0 saturated heterocycles. The highest BCUT2D eigenvalue weighted by Crippen LogP contribution is 2.14. The maximum Gasteiger partial charge on any atom is 0.0606 e. The Hall–Kier alpha value is -1.81. The van der Waals surface area contributed by atoms with Crippen LogP contribution in [0, 0.1) is 0 Å². The summed E-state index contributed by atoms with van der Waals surface area (Å²) in [4.78, 5) is 2.22. The van der Waals surface area contributed by atoms with Crippen LogP contribution in [-0.4, -0.2) is 34.6 Å². The Morgan fingerprint density at radius 1 is 1.21 bits per heavy atom. The molecular weight excluding hydrogens is 238 g/mol. The van der Waals surface area contributed by atoms with Crippen LogP contribution < -0.4 is 4.90 Å². The number of aliphatic hydroxyl groups is 1. The van der Waals surface area contributed by atoms with E-state index in [1.165, 1.54) is 11.3 Å². The van der Waals surface area contributed by atoms with Crippen molar-refractivity contribution in [3.8, 4) is 0 Å². The fraction of sp³-hybridized carbons (Fsp3) is 0.400. The van der Waals surface area contributed by atoms with Crippen LogP contribution >= 0.6 is 0 Å². The maximum absolute atomic E-state index is 9.16. The Morgan fingerprint density at radius 3 is 2.63 bits per heavy atom. The predicted molar refractivity (Wildman–Crippen MR) is 77.3 cm³/mol. The molecular formula is C15H21N3O. The Bertz CT molecular complexity index is 481. The zero-order valence-corrected chi connectivity index (χ0v) is 11.4. The first kappa shape index (κ1) is 13.6. The Kier molecular flexibility index (Phi) is 4.98. The van der Waals surface area contributed by atoms with Crippen LogP contribution in [-0.2, 0) is 13.5 Å². The number of aromatic nitrogens is 2. The molecule has 19 heavy (non-hydrogen) atoms. The minimum Gasteiger partial charge on any atom is -0.395 e.